The van der Waals surface area contributed by atoms with Crippen LogP contribution in [0.3, 0.4) is 0 Å². The number of nitrogens with one attached hydrogen (secondary N) is 1. The quantitative estimate of drug-likeness (QED) is 0.326. The molecule has 1 amide bonds. The molecule has 182 valence electrons. The van der Waals surface area contributed by atoms with Crippen molar-refractivity contribution in [3.8, 4) is 16.9 Å². The topological polar surface area (TPSA) is 86.9 Å². The SMILES string of the molecule is Cc1nn(CC(=O)Nc2cnn(COc3ccc(F)cc3Cl)c2)c2nccc(-c3ccc(F)cc3)c12. The highest BCUT2D eigenvalue weighted by atomic mass is 35.5. The zero-order valence-corrected chi connectivity index (χ0v) is 19.7. The first-order valence-electron chi connectivity index (χ1n) is 10.9. The molecule has 0 aliphatic rings. The van der Waals surface area contributed by atoms with Gasteiger partial charge in [0.1, 0.15) is 23.9 Å². The van der Waals surface area contributed by atoms with E-state index in [0.29, 0.717) is 22.8 Å². The molecule has 0 atom stereocenters. The summed E-state index contributed by atoms with van der Waals surface area (Å²) in [6, 6.07) is 11.8. The van der Waals surface area contributed by atoms with Gasteiger partial charge in [-0.1, -0.05) is 23.7 Å². The lowest BCUT2D eigenvalue weighted by Gasteiger charge is -2.08. The van der Waals surface area contributed by atoms with Crippen molar-refractivity contribution >= 4 is 34.2 Å². The molecule has 3 heterocycles. The Balaban J connectivity index is 1.28. The highest BCUT2D eigenvalue weighted by molar-refractivity contribution is 6.32. The minimum absolute atomic E-state index is 0.0142. The summed E-state index contributed by atoms with van der Waals surface area (Å²) >= 11 is 5.96. The Kier molecular flexibility index (Phi) is 6.34. The van der Waals surface area contributed by atoms with Crippen LogP contribution in [0.4, 0.5) is 14.5 Å². The highest BCUT2D eigenvalue weighted by Crippen LogP contribution is 2.30. The number of rotatable bonds is 7. The third kappa shape index (κ3) is 4.89. The van der Waals surface area contributed by atoms with Gasteiger partial charge in [-0.2, -0.15) is 10.2 Å². The molecule has 11 heteroatoms. The lowest BCUT2D eigenvalue weighted by molar-refractivity contribution is -0.116. The van der Waals surface area contributed by atoms with Crippen molar-refractivity contribution < 1.29 is 18.3 Å². The minimum atomic E-state index is -0.460. The zero-order valence-electron chi connectivity index (χ0n) is 19.0. The third-order valence-electron chi connectivity index (χ3n) is 5.42. The summed E-state index contributed by atoms with van der Waals surface area (Å²) in [7, 11) is 0. The maximum Gasteiger partial charge on any atom is 0.246 e. The lowest BCUT2D eigenvalue weighted by atomic mass is 10.0. The number of benzene rings is 2. The maximum atomic E-state index is 13.4. The van der Waals surface area contributed by atoms with Gasteiger partial charge in [-0.05, 0) is 54.4 Å². The van der Waals surface area contributed by atoms with Crippen LogP contribution < -0.4 is 10.1 Å². The summed E-state index contributed by atoms with van der Waals surface area (Å²) in [5, 5.41) is 12.3. The molecule has 8 nitrogen and oxygen atoms in total. The van der Waals surface area contributed by atoms with Gasteiger partial charge in [-0.25, -0.2) is 23.1 Å². The highest BCUT2D eigenvalue weighted by Gasteiger charge is 2.16. The van der Waals surface area contributed by atoms with Crippen LogP contribution in [0.1, 0.15) is 5.69 Å². The van der Waals surface area contributed by atoms with Gasteiger partial charge in [0.2, 0.25) is 5.91 Å². The molecule has 2 aromatic carbocycles. The van der Waals surface area contributed by atoms with Crippen LogP contribution in [0.5, 0.6) is 5.75 Å². The molecule has 36 heavy (non-hydrogen) atoms. The van der Waals surface area contributed by atoms with Gasteiger partial charge in [-0.15, -0.1) is 0 Å². The van der Waals surface area contributed by atoms with Crippen LogP contribution in [-0.4, -0.2) is 30.5 Å². The number of anilines is 1. The smallest absolute Gasteiger partial charge is 0.246 e. The molecule has 0 saturated carbocycles. The second-order valence-corrected chi connectivity index (χ2v) is 8.38. The van der Waals surface area contributed by atoms with Crippen molar-refractivity contribution in [3.63, 3.8) is 0 Å². The fraction of sp³-hybridized carbons (Fsp3) is 0.120. The third-order valence-corrected chi connectivity index (χ3v) is 5.72. The molecule has 1 N–H and O–H groups in total. The Labute approximate surface area is 209 Å². The number of pyridine rings is 1. The summed E-state index contributed by atoms with van der Waals surface area (Å²) in [6.07, 6.45) is 4.70. The van der Waals surface area contributed by atoms with E-state index in [1.54, 1.807) is 24.5 Å². The van der Waals surface area contributed by atoms with Gasteiger partial charge in [0, 0.05) is 11.6 Å². The number of carbonyl (C=O) groups excluding carboxylic acids is 1. The van der Waals surface area contributed by atoms with E-state index in [9.17, 15) is 13.6 Å². The van der Waals surface area contributed by atoms with Gasteiger partial charge < -0.3 is 10.1 Å². The Bertz CT molecular complexity index is 1570. The van der Waals surface area contributed by atoms with E-state index in [4.69, 9.17) is 16.3 Å². The van der Waals surface area contributed by atoms with Crippen molar-refractivity contribution in [1.82, 2.24) is 24.5 Å². The molecular formula is C25H19ClF2N6O2. The van der Waals surface area contributed by atoms with Gasteiger partial charge in [0.05, 0.1) is 28.8 Å². The molecule has 0 fully saturated rings. The monoisotopic (exact) mass is 508 g/mol. The number of ether oxygens (including phenoxy) is 1. The Hall–Kier alpha value is -4.31. The number of fused-ring (bicyclic) bond motifs is 1. The molecular weight excluding hydrogens is 490 g/mol. The molecule has 0 unspecified atom stereocenters. The van der Waals surface area contributed by atoms with E-state index in [1.807, 2.05) is 13.0 Å². The van der Waals surface area contributed by atoms with Crippen LogP contribution in [0.15, 0.2) is 67.1 Å². The molecule has 0 aliphatic heterocycles. The van der Waals surface area contributed by atoms with Crippen molar-refractivity contribution in [2.45, 2.75) is 20.2 Å². The predicted octanol–water partition coefficient (Wildman–Crippen LogP) is 5.21. The van der Waals surface area contributed by atoms with E-state index in [1.165, 1.54) is 39.8 Å². The molecule has 3 aromatic heterocycles. The van der Waals surface area contributed by atoms with Crippen LogP contribution in [0.25, 0.3) is 22.2 Å². The zero-order chi connectivity index (χ0) is 25.2. The second kappa shape index (κ2) is 9.74. The van der Waals surface area contributed by atoms with Crippen LogP contribution in [-0.2, 0) is 18.1 Å². The standard InChI is InChI=1S/C25H19ClF2N6O2/c1-15-24-20(16-2-4-17(27)5-3-16)8-9-29-25(24)34(32-15)13-23(35)31-19-11-30-33(12-19)14-36-22-7-6-18(28)10-21(22)26/h2-12H,13-14H2,1H3,(H,31,35). The fourth-order valence-corrected chi connectivity index (χ4v) is 4.05. The van der Waals surface area contributed by atoms with Gasteiger partial charge in [0.15, 0.2) is 12.4 Å². The van der Waals surface area contributed by atoms with Crippen molar-refractivity contribution in [2.24, 2.45) is 0 Å². The second-order valence-electron chi connectivity index (χ2n) is 7.97. The maximum absolute atomic E-state index is 13.4. The fourth-order valence-electron chi connectivity index (χ4n) is 3.83. The Morgan fingerprint density at radius 3 is 2.67 bits per heavy atom. The summed E-state index contributed by atoms with van der Waals surface area (Å²) in [5.74, 6) is -0.788. The number of amides is 1. The number of hydrogen-bond acceptors (Lipinski definition) is 5. The normalized spacial score (nSPS) is 11.1. The molecule has 5 rings (SSSR count). The molecule has 0 radical (unpaired) electrons. The van der Waals surface area contributed by atoms with E-state index in [-0.39, 0.29) is 30.0 Å². The first-order valence-corrected chi connectivity index (χ1v) is 11.2. The number of aromatic nitrogens is 5. The minimum Gasteiger partial charge on any atom is -0.470 e. The van der Waals surface area contributed by atoms with Gasteiger partial charge in [0.25, 0.3) is 0 Å². The van der Waals surface area contributed by atoms with E-state index in [0.717, 1.165) is 22.6 Å². The van der Waals surface area contributed by atoms with E-state index in [2.05, 4.69) is 20.5 Å². The molecule has 0 spiro atoms. The van der Waals surface area contributed by atoms with Crippen molar-refractivity contribution in [2.75, 3.05) is 5.32 Å². The van der Waals surface area contributed by atoms with Crippen LogP contribution in [0, 0.1) is 18.6 Å². The van der Waals surface area contributed by atoms with E-state index >= 15 is 0 Å². The summed E-state index contributed by atoms with van der Waals surface area (Å²) in [6.45, 7) is 1.78. The number of aryl methyl sites for hydroxylation is 1. The summed E-state index contributed by atoms with van der Waals surface area (Å²) < 4.78 is 35.1. The number of carbonyl (C=O) groups is 1. The Morgan fingerprint density at radius 2 is 1.89 bits per heavy atom. The predicted molar refractivity (Wildman–Crippen MR) is 131 cm³/mol. The first-order chi connectivity index (χ1) is 17.4. The lowest BCUT2D eigenvalue weighted by Crippen LogP contribution is -2.19. The first kappa shape index (κ1) is 23.4. The number of hydrogen-bond donors (Lipinski definition) is 1. The molecule has 0 aliphatic carbocycles. The average Bonchev–Trinajstić information content (AvgIpc) is 3.42. The number of nitrogens with zero attached hydrogens (tertiary/aromatic N) is 5. The summed E-state index contributed by atoms with van der Waals surface area (Å²) in [4.78, 5) is 17.1. The Morgan fingerprint density at radius 1 is 1.11 bits per heavy atom. The van der Waals surface area contributed by atoms with Crippen molar-refractivity contribution in [3.05, 3.63) is 89.5 Å². The number of halogens is 3. The van der Waals surface area contributed by atoms with Crippen LogP contribution >= 0.6 is 11.6 Å². The molecule has 0 bridgehead atoms. The largest absolute Gasteiger partial charge is 0.470 e. The van der Waals surface area contributed by atoms with Crippen LogP contribution in [0.2, 0.25) is 5.02 Å². The van der Waals surface area contributed by atoms with Gasteiger partial charge >= 0.3 is 0 Å². The van der Waals surface area contributed by atoms with Crippen molar-refractivity contribution in [1.29, 1.82) is 0 Å². The molecule has 0 saturated heterocycles. The van der Waals surface area contributed by atoms with E-state index < -0.39 is 5.82 Å². The average molecular weight is 509 g/mol. The summed E-state index contributed by atoms with van der Waals surface area (Å²) in [5.41, 5.74) is 3.39. The molecule has 5 aromatic rings. The van der Waals surface area contributed by atoms with Gasteiger partial charge in [-0.3, -0.25) is 4.79 Å².